The first-order valence-electron chi connectivity index (χ1n) is 9.31. The van der Waals surface area contributed by atoms with Crippen LogP contribution in [0.4, 0.5) is 5.95 Å². The Morgan fingerprint density at radius 3 is 2.75 bits per heavy atom. The summed E-state index contributed by atoms with van der Waals surface area (Å²) < 4.78 is 12.7. The molecular weight excluding hydrogens is 358 g/mol. The molecule has 1 N–H and O–H groups in total. The summed E-state index contributed by atoms with van der Waals surface area (Å²) in [6.45, 7) is 4.35. The van der Waals surface area contributed by atoms with Crippen molar-refractivity contribution in [2.45, 2.75) is 19.9 Å². The standard InChI is InChI=1S/C21H21N3O4/c1-3-27-14-9-7-8-13(12-14)18-17(20(26)28-4-2)19(25)23-21-22-15-10-5-6-11-16(15)24(18)21/h5-12,17-18H,3-4H2,1-2H3,(H,22,23,25)/t17-,18-/m0/s1. The number of rotatable bonds is 5. The number of imidazole rings is 1. The van der Waals surface area contributed by atoms with E-state index in [1.165, 1.54) is 0 Å². The first kappa shape index (κ1) is 18.0. The molecule has 0 unspecified atom stereocenters. The molecule has 144 valence electrons. The quantitative estimate of drug-likeness (QED) is 0.544. The maximum Gasteiger partial charge on any atom is 0.321 e. The van der Waals surface area contributed by atoms with Gasteiger partial charge in [0.2, 0.25) is 11.9 Å². The number of aromatic nitrogens is 2. The van der Waals surface area contributed by atoms with Gasteiger partial charge in [-0.05, 0) is 43.7 Å². The fourth-order valence-electron chi connectivity index (χ4n) is 3.66. The first-order chi connectivity index (χ1) is 13.6. The van der Waals surface area contributed by atoms with Gasteiger partial charge in [-0.25, -0.2) is 4.98 Å². The number of anilines is 1. The maximum atomic E-state index is 12.8. The van der Waals surface area contributed by atoms with E-state index < -0.39 is 23.8 Å². The molecule has 1 aromatic heterocycles. The minimum Gasteiger partial charge on any atom is -0.494 e. The highest BCUT2D eigenvalue weighted by atomic mass is 16.5. The molecule has 0 saturated heterocycles. The van der Waals surface area contributed by atoms with E-state index in [-0.39, 0.29) is 6.61 Å². The Morgan fingerprint density at radius 1 is 1.14 bits per heavy atom. The second-order valence-electron chi connectivity index (χ2n) is 6.46. The Morgan fingerprint density at radius 2 is 1.96 bits per heavy atom. The fraction of sp³-hybridized carbons (Fsp3) is 0.286. The predicted octanol–water partition coefficient (Wildman–Crippen LogP) is 3.16. The van der Waals surface area contributed by atoms with E-state index >= 15 is 0 Å². The number of ether oxygens (including phenoxy) is 2. The van der Waals surface area contributed by atoms with Crippen molar-refractivity contribution in [3.8, 4) is 5.75 Å². The van der Waals surface area contributed by atoms with Crippen LogP contribution in [0.15, 0.2) is 48.5 Å². The average molecular weight is 379 g/mol. The Kier molecular flexibility index (Phi) is 4.73. The van der Waals surface area contributed by atoms with Gasteiger partial charge in [0.05, 0.1) is 30.3 Å². The number of esters is 1. The van der Waals surface area contributed by atoms with Gasteiger partial charge in [-0.15, -0.1) is 0 Å². The van der Waals surface area contributed by atoms with Crippen LogP contribution in [0.25, 0.3) is 11.0 Å². The van der Waals surface area contributed by atoms with Crippen LogP contribution in [0.3, 0.4) is 0 Å². The van der Waals surface area contributed by atoms with Crippen LogP contribution in [-0.2, 0) is 14.3 Å². The summed E-state index contributed by atoms with van der Waals surface area (Å²) in [6.07, 6.45) is 0. The van der Waals surface area contributed by atoms with Gasteiger partial charge < -0.3 is 14.0 Å². The van der Waals surface area contributed by atoms with Gasteiger partial charge in [-0.3, -0.25) is 14.9 Å². The van der Waals surface area contributed by atoms with Crippen LogP contribution in [0.5, 0.6) is 5.75 Å². The van der Waals surface area contributed by atoms with Gasteiger partial charge in [-0.2, -0.15) is 0 Å². The van der Waals surface area contributed by atoms with Crippen molar-refractivity contribution in [1.29, 1.82) is 0 Å². The van der Waals surface area contributed by atoms with Crippen molar-refractivity contribution in [3.05, 3.63) is 54.1 Å². The van der Waals surface area contributed by atoms with Crippen molar-refractivity contribution in [1.82, 2.24) is 9.55 Å². The minimum absolute atomic E-state index is 0.200. The maximum absolute atomic E-state index is 12.8. The third kappa shape index (κ3) is 2.98. The zero-order valence-corrected chi connectivity index (χ0v) is 15.7. The Balaban J connectivity index is 1.93. The highest BCUT2D eigenvalue weighted by Crippen LogP contribution is 2.39. The number of para-hydroxylation sites is 2. The van der Waals surface area contributed by atoms with Crippen molar-refractivity contribution < 1.29 is 19.1 Å². The number of fused-ring (bicyclic) bond motifs is 3. The third-order valence-corrected chi connectivity index (χ3v) is 4.76. The van der Waals surface area contributed by atoms with Crippen LogP contribution in [0.1, 0.15) is 25.5 Å². The van der Waals surface area contributed by atoms with Gasteiger partial charge in [0.1, 0.15) is 5.75 Å². The van der Waals surface area contributed by atoms with Crippen molar-refractivity contribution in [3.63, 3.8) is 0 Å². The van der Waals surface area contributed by atoms with E-state index in [1.807, 2.05) is 60.0 Å². The molecule has 0 aliphatic carbocycles. The summed E-state index contributed by atoms with van der Waals surface area (Å²) in [5.41, 5.74) is 2.36. The van der Waals surface area contributed by atoms with E-state index in [0.29, 0.717) is 18.3 Å². The van der Waals surface area contributed by atoms with Crippen molar-refractivity contribution in [2.75, 3.05) is 18.5 Å². The number of hydrogen-bond donors (Lipinski definition) is 1. The Hall–Kier alpha value is -3.35. The Bertz CT molecular complexity index is 1040. The number of carbonyl (C=O) groups is 2. The molecule has 1 aliphatic rings. The highest BCUT2D eigenvalue weighted by Gasteiger charge is 2.44. The molecule has 2 atom stereocenters. The van der Waals surface area contributed by atoms with Gasteiger partial charge in [-0.1, -0.05) is 24.3 Å². The lowest BCUT2D eigenvalue weighted by molar-refractivity contribution is -0.152. The van der Waals surface area contributed by atoms with E-state index in [4.69, 9.17) is 9.47 Å². The lowest BCUT2D eigenvalue weighted by atomic mass is 9.90. The van der Waals surface area contributed by atoms with Gasteiger partial charge in [0, 0.05) is 0 Å². The van der Waals surface area contributed by atoms with Crippen LogP contribution in [0, 0.1) is 5.92 Å². The van der Waals surface area contributed by atoms with E-state index in [9.17, 15) is 9.59 Å². The zero-order valence-electron chi connectivity index (χ0n) is 15.7. The molecule has 0 saturated carbocycles. The van der Waals surface area contributed by atoms with E-state index in [0.717, 1.165) is 16.6 Å². The minimum atomic E-state index is -1.03. The molecule has 0 fully saturated rings. The summed E-state index contributed by atoms with van der Waals surface area (Å²) in [4.78, 5) is 30.1. The van der Waals surface area contributed by atoms with Crippen LogP contribution in [0.2, 0.25) is 0 Å². The second-order valence-corrected chi connectivity index (χ2v) is 6.46. The lowest BCUT2D eigenvalue weighted by Gasteiger charge is -2.32. The highest BCUT2D eigenvalue weighted by molar-refractivity contribution is 6.07. The molecule has 2 heterocycles. The summed E-state index contributed by atoms with van der Waals surface area (Å²) in [5.74, 6) is -0.914. The first-order valence-corrected chi connectivity index (χ1v) is 9.31. The largest absolute Gasteiger partial charge is 0.494 e. The molecule has 7 nitrogen and oxygen atoms in total. The summed E-state index contributed by atoms with van der Waals surface area (Å²) in [7, 11) is 0. The van der Waals surface area contributed by atoms with Gasteiger partial charge in [0.15, 0.2) is 5.92 Å². The summed E-state index contributed by atoms with van der Waals surface area (Å²) in [6, 6.07) is 14.4. The van der Waals surface area contributed by atoms with Crippen LogP contribution in [-0.4, -0.2) is 34.6 Å². The predicted molar refractivity (Wildman–Crippen MR) is 104 cm³/mol. The second kappa shape index (κ2) is 7.34. The molecule has 28 heavy (non-hydrogen) atoms. The topological polar surface area (TPSA) is 82.5 Å². The third-order valence-electron chi connectivity index (χ3n) is 4.76. The molecule has 4 rings (SSSR count). The fourth-order valence-corrected chi connectivity index (χ4v) is 3.66. The van der Waals surface area contributed by atoms with E-state index in [2.05, 4.69) is 10.3 Å². The molecular formula is C21H21N3O4. The van der Waals surface area contributed by atoms with Gasteiger partial charge >= 0.3 is 5.97 Å². The summed E-state index contributed by atoms with van der Waals surface area (Å²) in [5, 5.41) is 2.76. The van der Waals surface area contributed by atoms with Crippen LogP contribution >= 0.6 is 0 Å². The summed E-state index contributed by atoms with van der Waals surface area (Å²) >= 11 is 0. The molecule has 3 aromatic rings. The number of carbonyl (C=O) groups excluding carboxylic acids is 2. The monoisotopic (exact) mass is 379 g/mol. The molecule has 0 spiro atoms. The number of hydrogen-bond acceptors (Lipinski definition) is 5. The number of nitrogens with one attached hydrogen (secondary N) is 1. The van der Waals surface area contributed by atoms with E-state index in [1.54, 1.807) is 6.92 Å². The molecule has 0 bridgehead atoms. The van der Waals surface area contributed by atoms with Crippen LogP contribution < -0.4 is 10.1 Å². The van der Waals surface area contributed by atoms with Crippen molar-refractivity contribution in [2.24, 2.45) is 5.92 Å². The SMILES string of the molecule is CCOC(=O)[C@@H]1C(=O)Nc2nc3ccccc3n2[C@H]1c1cccc(OCC)c1. The molecule has 0 radical (unpaired) electrons. The average Bonchev–Trinajstić information content (AvgIpc) is 3.05. The zero-order chi connectivity index (χ0) is 19.7. The number of nitrogens with zero attached hydrogens (tertiary/aromatic N) is 2. The molecule has 1 amide bonds. The molecule has 2 aromatic carbocycles. The Labute approximate surface area is 162 Å². The number of benzene rings is 2. The molecule has 1 aliphatic heterocycles. The molecule has 7 heteroatoms. The van der Waals surface area contributed by atoms with Gasteiger partial charge in [0.25, 0.3) is 0 Å². The normalized spacial score (nSPS) is 18.4. The lowest BCUT2D eigenvalue weighted by Crippen LogP contribution is -2.43. The number of amides is 1. The van der Waals surface area contributed by atoms with Crippen molar-refractivity contribution >= 4 is 28.9 Å². The smallest absolute Gasteiger partial charge is 0.321 e.